The summed E-state index contributed by atoms with van der Waals surface area (Å²) >= 11 is 6.22. The highest BCUT2D eigenvalue weighted by molar-refractivity contribution is 6.32. The van der Waals surface area contributed by atoms with Crippen molar-refractivity contribution in [3.63, 3.8) is 0 Å². The van der Waals surface area contributed by atoms with Gasteiger partial charge in [-0.15, -0.1) is 0 Å². The summed E-state index contributed by atoms with van der Waals surface area (Å²) in [6, 6.07) is 14.1. The van der Waals surface area contributed by atoms with Crippen molar-refractivity contribution in [2.45, 2.75) is 12.6 Å². The summed E-state index contributed by atoms with van der Waals surface area (Å²) in [4.78, 5) is 16.9. The monoisotopic (exact) mass is 462 g/mol. The van der Waals surface area contributed by atoms with Crippen LogP contribution in [0, 0.1) is 0 Å². The standard InChI is InChI=1S/C23H22ClF3N4O/c1-29-11-4-12-30(14-13-29)22(32)17-9-7-16(8-10-17)20-15-21(23(25,26)27)28-31(20)19-6-3-2-5-18(19)24/h2-3,5-10,15H,4,11-14H2,1H3. The molecule has 5 nitrogen and oxygen atoms in total. The zero-order chi connectivity index (χ0) is 22.9. The number of benzene rings is 2. The Kier molecular flexibility index (Phi) is 6.26. The zero-order valence-corrected chi connectivity index (χ0v) is 18.2. The van der Waals surface area contributed by atoms with Crippen molar-refractivity contribution in [3.8, 4) is 16.9 Å². The van der Waals surface area contributed by atoms with Crippen LogP contribution in [0.25, 0.3) is 16.9 Å². The zero-order valence-electron chi connectivity index (χ0n) is 17.4. The smallest absolute Gasteiger partial charge is 0.337 e. The molecule has 1 saturated heterocycles. The summed E-state index contributed by atoms with van der Waals surface area (Å²) in [6.07, 6.45) is -3.70. The lowest BCUT2D eigenvalue weighted by Gasteiger charge is -2.20. The van der Waals surface area contributed by atoms with Crippen LogP contribution in [0.15, 0.2) is 54.6 Å². The molecule has 32 heavy (non-hydrogen) atoms. The minimum absolute atomic E-state index is 0.0811. The van der Waals surface area contributed by atoms with Gasteiger partial charge in [-0.3, -0.25) is 4.79 Å². The molecule has 0 atom stereocenters. The number of aromatic nitrogens is 2. The third-order valence-electron chi connectivity index (χ3n) is 5.51. The van der Waals surface area contributed by atoms with Gasteiger partial charge in [0, 0.05) is 30.8 Å². The maximum absolute atomic E-state index is 13.4. The number of hydrogen-bond donors (Lipinski definition) is 0. The highest BCUT2D eigenvalue weighted by Crippen LogP contribution is 2.34. The Morgan fingerprint density at radius 2 is 1.72 bits per heavy atom. The molecule has 1 fully saturated rings. The Bertz CT molecular complexity index is 1110. The molecular weight excluding hydrogens is 441 g/mol. The third-order valence-corrected chi connectivity index (χ3v) is 5.83. The number of nitrogens with zero attached hydrogens (tertiary/aromatic N) is 4. The van der Waals surface area contributed by atoms with Gasteiger partial charge in [-0.1, -0.05) is 35.9 Å². The highest BCUT2D eigenvalue weighted by Gasteiger charge is 2.35. The molecule has 3 aromatic rings. The van der Waals surface area contributed by atoms with Crippen molar-refractivity contribution in [3.05, 3.63) is 70.9 Å². The molecule has 1 aromatic heterocycles. The number of hydrogen-bond acceptors (Lipinski definition) is 3. The first-order valence-electron chi connectivity index (χ1n) is 10.2. The predicted octanol–water partition coefficient (Wildman–Crippen LogP) is 4.99. The van der Waals surface area contributed by atoms with E-state index in [1.807, 2.05) is 11.9 Å². The second-order valence-electron chi connectivity index (χ2n) is 7.80. The molecule has 0 bridgehead atoms. The molecule has 2 aromatic carbocycles. The fraction of sp³-hybridized carbons (Fsp3) is 0.304. The van der Waals surface area contributed by atoms with E-state index in [1.54, 1.807) is 48.5 Å². The summed E-state index contributed by atoms with van der Waals surface area (Å²) in [5, 5.41) is 4.05. The Hall–Kier alpha value is -2.84. The predicted molar refractivity (Wildman–Crippen MR) is 117 cm³/mol. The first-order valence-corrected chi connectivity index (χ1v) is 10.6. The van der Waals surface area contributed by atoms with Gasteiger partial charge in [0.05, 0.1) is 16.4 Å². The van der Waals surface area contributed by atoms with Crippen molar-refractivity contribution in [2.75, 3.05) is 33.2 Å². The SMILES string of the molecule is CN1CCCN(C(=O)c2ccc(-c3cc(C(F)(F)F)nn3-c3ccccc3Cl)cc2)CC1. The average molecular weight is 463 g/mol. The number of carbonyl (C=O) groups excluding carboxylic acids is 1. The van der Waals surface area contributed by atoms with Gasteiger partial charge in [-0.25, -0.2) is 4.68 Å². The van der Waals surface area contributed by atoms with E-state index in [0.29, 0.717) is 29.9 Å². The molecule has 0 aliphatic carbocycles. The van der Waals surface area contributed by atoms with Crippen molar-refractivity contribution >= 4 is 17.5 Å². The van der Waals surface area contributed by atoms with E-state index in [-0.39, 0.29) is 16.6 Å². The van der Waals surface area contributed by atoms with E-state index < -0.39 is 11.9 Å². The minimum Gasteiger partial charge on any atom is -0.337 e. The van der Waals surface area contributed by atoms with Crippen LogP contribution >= 0.6 is 11.6 Å². The molecule has 0 spiro atoms. The normalized spacial score (nSPS) is 15.6. The number of rotatable bonds is 3. The number of amides is 1. The Labute approximate surface area is 189 Å². The van der Waals surface area contributed by atoms with E-state index in [9.17, 15) is 18.0 Å². The Morgan fingerprint density at radius 1 is 1.00 bits per heavy atom. The fourth-order valence-corrected chi connectivity index (χ4v) is 3.96. The van der Waals surface area contributed by atoms with Crippen LogP contribution < -0.4 is 0 Å². The van der Waals surface area contributed by atoms with Crippen molar-refractivity contribution in [2.24, 2.45) is 0 Å². The lowest BCUT2D eigenvalue weighted by atomic mass is 10.1. The second-order valence-corrected chi connectivity index (χ2v) is 8.21. The van der Waals surface area contributed by atoms with Crippen molar-refractivity contribution < 1.29 is 18.0 Å². The molecule has 0 N–H and O–H groups in total. The first-order chi connectivity index (χ1) is 15.2. The van der Waals surface area contributed by atoms with Gasteiger partial charge < -0.3 is 9.80 Å². The summed E-state index contributed by atoms with van der Waals surface area (Å²) < 4.78 is 41.3. The van der Waals surface area contributed by atoms with Crippen LogP contribution in [0.5, 0.6) is 0 Å². The van der Waals surface area contributed by atoms with Gasteiger partial charge in [0.2, 0.25) is 0 Å². The van der Waals surface area contributed by atoms with Crippen molar-refractivity contribution in [1.82, 2.24) is 19.6 Å². The summed E-state index contributed by atoms with van der Waals surface area (Å²) in [5.74, 6) is -0.0811. The molecule has 0 unspecified atom stereocenters. The molecule has 2 heterocycles. The Balaban J connectivity index is 1.67. The Morgan fingerprint density at radius 3 is 2.41 bits per heavy atom. The van der Waals surface area contributed by atoms with Crippen LogP contribution in [0.1, 0.15) is 22.5 Å². The summed E-state index contributed by atoms with van der Waals surface area (Å²) in [5.41, 5.74) is 0.564. The van der Waals surface area contributed by atoms with Crippen LogP contribution in [-0.2, 0) is 6.18 Å². The quantitative estimate of drug-likeness (QED) is 0.550. The fourth-order valence-electron chi connectivity index (χ4n) is 3.75. The number of para-hydroxylation sites is 1. The third kappa shape index (κ3) is 4.66. The maximum Gasteiger partial charge on any atom is 0.435 e. The molecule has 0 saturated carbocycles. The van der Waals surface area contributed by atoms with E-state index in [0.717, 1.165) is 25.6 Å². The molecule has 1 aliphatic rings. The van der Waals surface area contributed by atoms with Gasteiger partial charge >= 0.3 is 6.18 Å². The molecule has 1 aliphatic heterocycles. The molecule has 1 amide bonds. The lowest BCUT2D eigenvalue weighted by Crippen LogP contribution is -2.34. The molecule has 168 valence electrons. The summed E-state index contributed by atoms with van der Waals surface area (Å²) in [7, 11) is 2.03. The van der Waals surface area contributed by atoms with Crippen LogP contribution in [0.2, 0.25) is 5.02 Å². The molecule has 0 radical (unpaired) electrons. The van der Waals surface area contributed by atoms with E-state index >= 15 is 0 Å². The highest BCUT2D eigenvalue weighted by atomic mass is 35.5. The number of likely N-dealkylation sites (N-methyl/N-ethyl adjacent to an activating group) is 1. The van der Waals surface area contributed by atoms with E-state index in [4.69, 9.17) is 11.6 Å². The number of carbonyl (C=O) groups is 1. The summed E-state index contributed by atoms with van der Waals surface area (Å²) in [6.45, 7) is 3.07. The second kappa shape index (κ2) is 8.96. The van der Waals surface area contributed by atoms with Gasteiger partial charge in [0.25, 0.3) is 5.91 Å². The van der Waals surface area contributed by atoms with E-state index in [1.165, 1.54) is 4.68 Å². The van der Waals surface area contributed by atoms with E-state index in [2.05, 4.69) is 10.00 Å². The van der Waals surface area contributed by atoms with Gasteiger partial charge in [0.15, 0.2) is 5.69 Å². The topological polar surface area (TPSA) is 41.4 Å². The minimum atomic E-state index is -4.60. The first kappa shape index (κ1) is 22.4. The van der Waals surface area contributed by atoms with Crippen LogP contribution in [-0.4, -0.2) is 58.7 Å². The number of alkyl halides is 3. The average Bonchev–Trinajstić information content (AvgIpc) is 3.11. The van der Waals surface area contributed by atoms with Gasteiger partial charge in [-0.2, -0.15) is 18.3 Å². The molecule has 9 heteroatoms. The molecule has 4 rings (SSSR count). The van der Waals surface area contributed by atoms with Gasteiger partial charge in [-0.05, 0) is 50.3 Å². The lowest BCUT2D eigenvalue weighted by molar-refractivity contribution is -0.141. The maximum atomic E-state index is 13.4. The van der Waals surface area contributed by atoms with Crippen LogP contribution in [0.4, 0.5) is 13.2 Å². The van der Waals surface area contributed by atoms with Crippen LogP contribution in [0.3, 0.4) is 0 Å². The van der Waals surface area contributed by atoms with Crippen molar-refractivity contribution in [1.29, 1.82) is 0 Å². The largest absolute Gasteiger partial charge is 0.435 e. The molecular formula is C23H22ClF3N4O. The number of halogens is 4. The van der Waals surface area contributed by atoms with Gasteiger partial charge in [0.1, 0.15) is 0 Å².